The molecule has 0 saturated carbocycles. The van der Waals surface area contributed by atoms with Crippen LogP contribution in [0.3, 0.4) is 0 Å². The van der Waals surface area contributed by atoms with Crippen molar-refractivity contribution in [2.24, 2.45) is 0 Å². The maximum Gasteiger partial charge on any atom is 0.303 e. The Balaban J connectivity index is 1.53. The first-order valence-corrected chi connectivity index (χ1v) is 10.7. The number of carbonyl (C=O) groups is 2. The highest BCUT2D eigenvalue weighted by atomic mass is 32.2. The molecular formula is C21H20N2O7S. The summed E-state index contributed by atoms with van der Waals surface area (Å²) in [6.07, 6.45) is 0.233. The predicted molar refractivity (Wildman–Crippen MR) is 110 cm³/mol. The molecule has 0 radical (unpaired) electrons. The smallest absolute Gasteiger partial charge is 0.303 e. The van der Waals surface area contributed by atoms with E-state index in [2.05, 4.69) is 5.43 Å². The summed E-state index contributed by atoms with van der Waals surface area (Å²) in [7, 11) is -4.02. The number of amides is 1. The number of sulfonamides is 1. The van der Waals surface area contributed by atoms with Crippen molar-refractivity contribution in [2.45, 2.75) is 24.3 Å². The Morgan fingerprint density at radius 3 is 2.35 bits per heavy atom. The van der Waals surface area contributed by atoms with Crippen molar-refractivity contribution in [3.05, 3.63) is 83.8 Å². The number of ether oxygens (including phenoxy) is 1. The largest absolute Gasteiger partial charge is 0.486 e. The lowest BCUT2D eigenvalue weighted by Crippen LogP contribution is -2.41. The van der Waals surface area contributed by atoms with Crippen LogP contribution in [-0.2, 0) is 27.8 Å². The van der Waals surface area contributed by atoms with Gasteiger partial charge in [0.2, 0.25) is 0 Å². The number of carboxylic acid groups (broad SMARTS) is 1. The molecule has 162 valence electrons. The van der Waals surface area contributed by atoms with Gasteiger partial charge in [0.25, 0.3) is 10.0 Å². The fourth-order valence-electron chi connectivity index (χ4n) is 2.57. The Kier molecular flexibility index (Phi) is 7.06. The average Bonchev–Trinajstić information content (AvgIpc) is 3.25. The molecule has 0 aliphatic rings. The van der Waals surface area contributed by atoms with Crippen LogP contribution in [0.1, 0.15) is 28.3 Å². The quantitative estimate of drug-likeness (QED) is 0.409. The molecule has 0 aliphatic carbocycles. The molecule has 0 saturated heterocycles. The number of aliphatic carboxylic acids is 1. The van der Waals surface area contributed by atoms with Crippen LogP contribution < -0.4 is 15.0 Å². The Hall–Kier alpha value is -3.63. The third kappa shape index (κ3) is 6.43. The Morgan fingerprint density at radius 1 is 0.968 bits per heavy atom. The van der Waals surface area contributed by atoms with E-state index in [4.69, 9.17) is 14.3 Å². The summed E-state index contributed by atoms with van der Waals surface area (Å²) in [6.45, 7) is 0.108. The zero-order chi connectivity index (χ0) is 22.3. The summed E-state index contributed by atoms with van der Waals surface area (Å²) in [4.78, 5) is 24.7. The van der Waals surface area contributed by atoms with Crippen LogP contribution in [0.2, 0.25) is 0 Å². The summed E-state index contributed by atoms with van der Waals surface area (Å²) >= 11 is 0. The van der Waals surface area contributed by atoms with E-state index in [1.54, 1.807) is 18.2 Å². The second-order valence-corrected chi connectivity index (χ2v) is 8.15. The lowest BCUT2D eigenvalue weighted by atomic mass is 10.1. The SMILES string of the molecule is O=C(O)CCc1ccc(S(=O)(=O)NNC(=O)c2ccc(COc3ccccc3)o2)cc1. The van der Waals surface area contributed by atoms with E-state index in [0.717, 1.165) is 0 Å². The second kappa shape index (κ2) is 9.92. The predicted octanol–water partition coefficient (Wildman–Crippen LogP) is 2.50. The number of carbonyl (C=O) groups excluding carboxylic acids is 1. The van der Waals surface area contributed by atoms with Crippen molar-refractivity contribution < 1.29 is 32.3 Å². The molecule has 9 nitrogen and oxygen atoms in total. The van der Waals surface area contributed by atoms with Crippen LogP contribution in [0, 0.1) is 0 Å². The van der Waals surface area contributed by atoms with Crippen molar-refractivity contribution in [3.8, 4) is 5.75 Å². The lowest BCUT2D eigenvalue weighted by Gasteiger charge is -2.08. The van der Waals surface area contributed by atoms with E-state index in [-0.39, 0.29) is 30.1 Å². The van der Waals surface area contributed by atoms with Crippen molar-refractivity contribution in [1.82, 2.24) is 10.3 Å². The number of carboxylic acids is 1. The summed E-state index contributed by atoms with van der Waals surface area (Å²) in [5, 5.41) is 8.70. The molecule has 0 unspecified atom stereocenters. The molecule has 1 amide bonds. The minimum Gasteiger partial charge on any atom is -0.486 e. The first-order valence-electron chi connectivity index (χ1n) is 9.23. The van der Waals surface area contributed by atoms with Gasteiger partial charge in [0.05, 0.1) is 4.90 Å². The highest BCUT2D eigenvalue weighted by molar-refractivity contribution is 7.89. The molecule has 10 heteroatoms. The maximum absolute atomic E-state index is 12.3. The van der Waals surface area contributed by atoms with Crippen molar-refractivity contribution in [3.63, 3.8) is 0 Å². The van der Waals surface area contributed by atoms with Crippen LogP contribution in [-0.4, -0.2) is 25.4 Å². The van der Waals surface area contributed by atoms with Gasteiger partial charge in [-0.25, -0.2) is 8.42 Å². The molecule has 1 heterocycles. The Bertz CT molecular complexity index is 1140. The third-order valence-corrected chi connectivity index (χ3v) is 5.43. The van der Waals surface area contributed by atoms with E-state index < -0.39 is 21.9 Å². The molecule has 3 N–H and O–H groups in total. The first kappa shape index (κ1) is 22.1. The maximum atomic E-state index is 12.3. The van der Waals surface area contributed by atoms with Gasteiger partial charge in [0.1, 0.15) is 18.1 Å². The molecule has 0 fully saturated rings. The zero-order valence-electron chi connectivity index (χ0n) is 16.3. The van der Waals surface area contributed by atoms with Gasteiger partial charge < -0.3 is 14.3 Å². The number of aryl methyl sites for hydroxylation is 1. The summed E-state index contributed by atoms with van der Waals surface area (Å²) in [5.41, 5.74) is 2.78. The van der Waals surface area contributed by atoms with E-state index in [1.165, 1.54) is 30.3 Å². The molecule has 3 aromatic rings. The number of nitrogens with one attached hydrogen (secondary N) is 2. The minimum absolute atomic E-state index is 0.0536. The molecule has 3 rings (SSSR count). The Morgan fingerprint density at radius 2 is 1.68 bits per heavy atom. The van der Waals surface area contributed by atoms with Gasteiger partial charge in [-0.05, 0) is 48.4 Å². The normalized spacial score (nSPS) is 11.1. The average molecular weight is 444 g/mol. The van der Waals surface area contributed by atoms with Crippen molar-refractivity contribution in [2.75, 3.05) is 0 Å². The molecule has 0 bridgehead atoms. The van der Waals surface area contributed by atoms with Crippen LogP contribution in [0.5, 0.6) is 5.75 Å². The molecule has 31 heavy (non-hydrogen) atoms. The van der Waals surface area contributed by atoms with Crippen molar-refractivity contribution >= 4 is 21.9 Å². The standard InChI is InChI=1S/C21H20N2O7S/c24-20(25)13-8-15-6-10-18(11-7-15)31(27,28)23-22-21(26)19-12-9-17(30-19)14-29-16-4-2-1-3-5-16/h1-7,9-12,23H,8,13-14H2,(H,22,26)(H,24,25). The minimum atomic E-state index is -4.02. The molecule has 1 aromatic heterocycles. The van der Waals surface area contributed by atoms with Gasteiger partial charge in [-0.1, -0.05) is 30.3 Å². The number of para-hydroxylation sites is 1. The third-order valence-electron chi connectivity index (χ3n) is 4.17. The van der Waals surface area contributed by atoms with Crippen molar-refractivity contribution in [1.29, 1.82) is 0 Å². The second-order valence-electron chi connectivity index (χ2n) is 6.46. The van der Waals surface area contributed by atoms with Crippen LogP contribution >= 0.6 is 0 Å². The van der Waals surface area contributed by atoms with Gasteiger partial charge in [-0.2, -0.15) is 0 Å². The monoisotopic (exact) mass is 444 g/mol. The highest BCUT2D eigenvalue weighted by Gasteiger charge is 2.18. The van der Waals surface area contributed by atoms with Gasteiger partial charge >= 0.3 is 11.9 Å². The number of furan rings is 1. The van der Waals surface area contributed by atoms with Gasteiger partial charge in [0.15, 0.2) is 5.76 Å². The van der Waals surface area contributed by atoms with E-state index >= 15 is 0 Å². The lowest BCUT2D eigenvalue weighted by molar-refractivity contribution is -0.136. The molecule has 0 aliphatic heterocycles. The van der Waals surface area contributed by atoms with Gasteiger partial charge in [-0.15, -0.1) is 4.83 Å². The summed E-state index contributed by atoms with van der Waals surface area (Å²) < 4.78 is 35.6. The number of benzene rings is 2. The van der Waals surface area contributed by atoms with E-state index in [0.29, 0.717) is 17.1 Å². The first-order chi connectivity index (χ1) is 14.8. The van der Waals surface area contributed by atoms with Crippen LogP contribution in [0.15, 0.2) is 76.0 Å². The Labute approximate surface area is 178 Å². The van der Waals surface area contributed by atoms with Gasteiger partial charge in [-0.3, -0.25) is 15.0 Å². The molecule has 0 atom stereocenters. The number of hydrogen-bond donors (Lipinski definition) is 3. The van der Waals surface area contributed by atoms with E-state index in [1.807, 2.05) is 23.0 Å². The number of rotatable bonds is 10. The summed E-state index contributed by atoms with van der Waals surface area (Å²) in [5.74, 6) is -0.750. The van der Waals surface area contributed by atoms with E-state index in [9.17, 15) is 18.0 Å². The molecule has 2 aromatic carbocycles. The fourth-order valence-corrected chi connectivity index (χ4v) is 3.41. The number of hydrazine groups is 1. The topological polar surface area (TPSA) is 135 Å². The van der Waals surface area contributed by atoms with Gasteiger partial charge in [0, 0.05) is 6.42 Å². The summed E-state index contributed by atoms with van der Waals surface area (Å²) in [6, 6.07) is 17.7. The fraction of sp³-hybridized carbons (Fsp3) is 0.143. The van der Waals surface area contributed by atoms with Crippen LogP contribution in [0.25, 0.3) is 0 Å². The molecule has 0 spiro atoms. The number of hydrogen-bond acceptors (Lipinski definition) is 6. The highest BCUT2D eigenvalue weighted by Crippen LogP contribution is 2.14. The zero-order valence-corrected chi connectivity index (χ0v) is 17.1. The van der Waals surface area contributed by atoms with Crippen LogP contribution in [0.4, 0.5) is 0 Å². The molecular weight excluding hydrogens is 424 g/mol.